The molecule has 1 amide bonds. The van der Waals surface area contributed by atoms with Crippen molar-refractivity contribution >= 4 is 22.8 Å². The fraction of sp³-hybridized carbons (Fsp3) is 0.474. The van der Waals surface area contributed by atoms with Crippen LogP contribution in [0.3, 0.4) is 0 Å². The number of ether oxygens (including phenoxy) is 1. The topological polar surface area (TPSA) is 71.2 Å². The van der Waals surface area contributed by atoms with Gasteiger partial charge in [-0.25, -0.2) is 4.79 Å². The summed E-state index contributed by atoms with van der Waals surface area (Å²) in [6.45, 7) is 3.78. The lowest BCUT2D eigenvalue weighted by Crippen LogP contribution is -2.45. The van der Waals surface area contributed by atoms with Gasteiger partial charge in [0, 0.05) is 23.1 Å². The Morgan fingerprint density at radius 2 is 2.00 bits per heavy atom. The molecule has 3 atom stereocenters. The van der Waals surface area contributed by atoms with Crippen LogP contribution in [0.5, 0.6) is 0 Å². The molecule has 24 heavy (non-hydrogen) atoms. The van der Waals surface area contributed by atoms with Crippen molar-refractivity contribution in [3.05, 3.63) is 36.0 Å². The number of rotatable bonds is 4. The van der Waals surface area contributed by atoms with Gasteiger partial charge in [-0.1, -0.05) is 38.0 Å². The van der Waals surface area contributed by atoms with E-state index in [1.807, 2.05) is 24.3 Å². The standard InChI is InChI=1S/C19H24N2O3/c1-12-7-3-5-9-16(12)21-18(22)13(2)24-19(23)15-11-20-17-10-6-4-8-14(15)17/h4,6,8,10-13,16,20H,3,5,7,9H2,1-2H3,(H,21,22)/t12-,13+,16-/m0/s1. The maximum absolute atomic E-state index is 12.4. The van der Waals surface area contributed by atoms with E-state index in [0.29, 0.717) is 11.5 Å². The van der Waals surface area contributed by atoms with Crippen LogP contribution in [0.15, 0.2) is 30.5 Å². The van der Waals surface area contributed by atoms with Crippen LogP contribution in [0.4, 0.5) is 0 Å². The maximum Gasteiger partial charge on any atom is 0.341 e. The van der Waals surface area contributed by atoms with Crippen molar-refractivity contribution in [2.75, 3.05) is 0 Å². The van der Waals surface area contributed by atoms with Gasteiger partial charge in [0.1, 0.15) is 0 Å². The molecule has 0 unspecified atom stereocenters. The van der Waals surface area contributed by atoms with Crippen LogP contribution in [0.25, 0.3) is 10.9 Å². The summed E-state index contributed by atoms with van der Waals surface area (Å²) < 4.78 is 5.37. The van der Waals surface area contributed by atoms with E-state index >= 15 is 0 Å². The van der Waals surface area contributed by atoms with E-state index in [1.54, 1.807) is 13.1 Å². The first-order valence-corrected chi connectivity index (χ1v) is 8.63. The van der Waals surface area contributed by atoms with Crippen molar-refractivity contribution in [3.63, 3.8) is 0 Å². The van der Waals surface area contributed by atoms with Gasteiger partial charge in [-0.2, -0.15) is 0 Å². The van der Waals surface area contributed by atoms with Crippen molar-refractivity contribution in [3.8, 4) is 0 Å². The highest BCUT2D eigenvalue weighted by atomic mass is 16.5. The van der Waals surface area contributed by atoms with Crippen LogP contribution >= 0.6 is 0 Å². The highest BCUT2D eigenvalue weighted by Gasteiger charge is 2.27. The second-order valence-electron chi connectivity index (χ2n) is 6.67. The molecule has 1 aliphatic rings. The van der Waals surface area contributed by atoms with Crippen molar-refractivity contribution in [1.29, 1.82) is 0 Å². The number of carbonyl (C=O) groups is 2. The SMILES string of the molecule is C[C@@H](OC(=O)c1c[nH]c2ccccc12)C(=O)N[C@H]1CCCC[C@@H]1C. The van der Waals surface area contributed by atoms with Gasteiger partial charge in [0.2, 0.25) is 0 Å². The predicted octanol–water partition coefficient (Wildman–Crippen LogP) is 3.41. The maximum atomic E-state index is 12.4. The van der Waals surface area contributed by atoms with Gasteiger partial charge in [-0.05, 0) is 31.7 Å². The lowest BCUT2D eigenvalue weighted by molar-refractivity contribution is -0.130. The molecular formula is C19H24N2O3. The van der Waals surface area contributed by atoms with Crippen LogP contribution < -0.4 is 5.32 Å². The van der Waals surface area contributed by atoms with E-state index in [9.17, 15) is 9.59 Å². The highest BCUT2D eigenvalue weighted by Crippen LogP contribution is 2.24. The van der Waals surface area contributed by atoms with Crippen LogP contribution in [0, 0.1) is 5.92 Å². The zero-order valence-electron chi connectivity index (χ0n) is 14.2. The van der Waals surface area contributed by atoms with Crippen LogP contribution in [0.2, 0.25) is 0 Å². The van der Waals surface area contributed by atoms with E-state index in [4.69, 9.17) is 4.74 Å². The number of carbonyl (C=O) groups excluding carboxylic acids is 2. The first-order valence-electron chi connectivity index (χ1n) is 8.63. The number of esters is 1. The Hall–Kier alpha value is -2.30. The molecule has 5 heteroatoms. The fourth-order valence-corrected chi connectivity index (χ4v) is 3.35. The molecule has 5 nitrogen and oxygen atoms in total. The highest BCUT2D eigenvalue weighted by molar-refractivity contribution is 6.04. The molecule has 0 saturated heterocycles. The number of amides is 1. The third kappa shape index (κ3) is 3.45. The number of fused-ring (bicyclic) bond motifs is 1. The predicted molar refractivity (Wildman–Crippen MR) is 92.7 cm³/mol. The Balaban J connectivity index is 1.62. The van der Waals surface area contributed by atoms with E-state index in [1.165, 1.54) is 6.42 Å². The molecule has 1 fully saturated rings. The fourth-order valence-electron chi connectivity index (χ4n) is 3.35. The molecule has 1 aromatic heterocycles. The number of hydrogen-bond acceptors (Lipinski definition) is 3. The number of nitrogens with one attached hydrogen (secondary N) is 2. The average Bonchev–Trinajstić information content (AvgIpc) is 3.01. The van der Waals surface area contributed by atoms with Crippen LogP contribution in [0.1, 0.15) is 49.9 Å². The number of aromatic amines is 1. The van der Waals surface area contributed by atoms with Crippen LogP contribution in [-0.4, -0.2) is 29.0 Å². The number of H-pyrrole nitrogens is 1. The quantitative estimate of drug-likeness (QED) is 0.845. The van der Waals surface area contributed by atoms with E-state index < -0.39 is 12.1 Å². The van der Waals surface area contributed by atoms with Gasteiger partial charge < -0.3 is 15.0 Å². The summed E-state index contributed by atoms with van der Waals surface area (Å²) in [5.41, 5.74) is 1.33. The second kappa shape index (κ2) is 7.07. The van der Waals surface area contributed by atoms with Gasteiger partial charge in [-0.15, -0.1) is 0 Å². The number of para-hydroxylation sites is 1. The van der Waals surface area contributed by atoms with Gasteiger partial charge in [0.05, 0.1) is 5.56 Å². The first-order chi connectivity index (χ1) is 11.6. The monoisotopic (exact) mass is 328 g/mol. The summed E-state index contributed by atoms with van der Waals surface area (Å²) in [7, 11) is 0. The summed E-state index contributed by atoms with van der Waals surface area (Å²) in [6.07, 6.45) is 5.31. The minimum Gasteiger partial charge on any atom is -0.449 e. The molecule has 0 spiro atoms. The van der Waals surface area contributed by atoms with Gasteiger partial charge in [0.25, 0.3) is 5.91 Å². The minimum atomic E-state index is -0.805. The average molecular weight is 328 g/mol. The molecule has 2 aromatic rings. The second-order valence-corrected chi connectivity index (χ2v) is 6.67. The smallest absolute Gasteiger partial charge is 0.341 e. The third-order valence-corrected chi connectivity index (χ3v) is 4.90. The third-order valence-electron chi connectivity index (χ3n) is 4.90. The molecule has 0 bridgehead atoms. The lowest BCUT2D eigenvalue weighted by Gasteiger charge is -2.30. The summed E-state index contributed by atoms with van der Waals surface area (Å²) in [4.78, 5) is 27.7. The van der Waals surface area contributed by atoms with Crippen molar-refractivity contribution in [1.82, 2.24) is 10.3 Å². The number of aromatic nitrogens is 1. The molecule has 3 rings (SSSR count). The van der Waals surface area contributed by atoms with Crippen molar-refractivity contribution < 1.29 is 14.3 Å². The molecular weight excluding hydrogens is 304 g/mol. The Morgan fingerprint density at radius 1 is 1.25 bits per heavy atom. The first kappa shape index (κ1) is 16.6. The zero-order valence-corrected chi connectivity index (χ0v) is 14.2. The zero-order chi connectivity index (χ0) is 17.1. The van der Waals surface area contributed by atoms with Gasteiger partial charge in [0.15, 0.2) is 6.10 Å². The minimum absolute atomic E-state index is 0.181. The normalized spacial score (nSPS) is 22.1. The van der Waals surface area contributed by atoms with E-state index in [0.717, 1.165) is 30.2 Å². The lowest BCUT2D eigenvalue weighted by atomic mass is 9.86. The van der Waals surface area contributed by atoms with Crippen molar-refractivity contribution in [2.24, 2.45) is 5.92 Å². The van der Waals surface area contributed by atoms with E-state index in [2.05, 4.69) is 17.2 Å². The Bertz CT molecular complexity index is 737. The summed E-state index contributed by atoms with van der Waals surface area (Å²) in [5.74, 6) is -0.229. The summed E-state index contributed by atoms with van der Waals surface area (Å²) in [5, 5.41) is 3.83. The van der Waals surface area contributed by atoms with Gasteiger partial charge >= 0.3 is 5.97 Å². The van der Waals surface area contributed by atoms with E-state index in [-0.39, 0.29) is 11.9 Å². The summed E-state index contributed by atoms with van der Waals surface area (Å²) in [6, 6.07) is 7.70. The summed E-state index contributed by atoms with van der Waals surface area (Å²) >= 11 is 0. The van der Waals surface area contributed by atoms with Gasteiger partial charge in [-0.3, -0.25) is 4.79 Å². The molecule has 1 aromatic carbocycles. The Labute approximate surface area is 141 Å². The molecule has 0 aliphatic heterocycles. The van der Waals surface area contributed by atoms with Crippen molar-refractivity contribution in [2.45, 2.75) is 51.7 Å². The largest absolute Gasteiger partial charge is 0.449 e. The molecule has 0 radical (unpaired) electrons. The van der Waals surface area contributed by atoms with Crippen LogP contribution in [-0.2, 0) is 9.53 Å². The Morgan fingerprint density at radius 3 is 2.79 bits per heavy atom. The number of benzene rings is 1. The molecule has 2 N–H and O–H groups in total. The molecule has 1 aliphatic carbocycles. The Kier molecular flexibility index (Phi) is 4.88. The molecule has 128 valence electrons. The molecule has 1 heterocycles. The number of hydrogen-bond donors (Lipinski definition) is 2. The molecule has 1 saturated carbocycles.